The van der Waals surface area contributed by atoms with Crippen molar-refractivity contribution >= 4 is 5.69 Å². The highest BCUT2D eigenvalue weighted by molar-refractivity contribution is 5.50. The lowest BCUT2D eigenvalue weighted by atomic mass is 9.95. The second-order valence-corrected chi connectivity index (χ2v) is 4.44. The largest absolute Gasteiger partial charge is 0.398 e. The van der Waals surface area contributed by atoms with E-state index in [1.54, 1.807) is 0 Å². The molecule has 1 aromatic rings. The van der Waals surface area contributed by atoms with Crippen molar-refractivity contribution in [3.8, 4) is 0 Å². The van der Waals surface area contributed by atoms with Gasteiger partial charge in [-0.2, -0.15) is 0 Å². The molecule has 0 spiro atoms. The van der Waals surface area contributed by atoms with Gasteiger partial charge in [0.25, 0.3) is 0 Å². The van der Waals surface area contributed by atoms with E-state index in [0.717, 1.165) is 24.1 Å². The molecule has 0 aliphatic carbocycles. The highest BCUT2D eigenvalue weighted by Crippen LogP contribution is 2.26. The maximum atomic E-state index is 6.10. The van der Waals surface area contributed by atoms with Crippen molar-refractivity contribution in [3.05, 3.63) is 29.3 Å². The Balaban J connectivity index is 2.99. The molecule has 0 heterocycles. The first-order valence-electron chi connectivity index (χ1n) is 5.71. The fourth-order valence-electron chi connectivity index (χ4n) is 1.74. The third-order valence-electron chi connectivity index (χ3n) is 2.78. The van der Waals surface area contributed by atoms with Gasteiger partial charge in [0.05, 0.1) is 0 Å². The minimum Gasteiger partial charge on any atom is -0.398 e. The van der Waals surface area contributed by atoms with Gasteiger partial charge in [-0.1, -0.05) is 39.3 Å². The van der Waals surface area contributed by atoms with Crippen molar-refractivity contribution in [1.82, 2.24) is 0 Å². The number of nitrogen functional groups attached to an aromatic ring is 1. The van der Waals surface area contributed by atoms with Crippen molar-refractivity contribution < 1.29 is 0 Å². The van der Waals surface area contributed by atoms with Crippen molar-refractivity contribution in [1.29, 1.82) is 0 Å². The van der Waals surface area contributed by atoms with Crippen molar-refractivity contribution in [3.63, 3.8) is 0 Å². The quantitative estimate of drug-likeness (QED) is 0.743. The van der Waals surface area contributed by atoms with E-state index in [1.165, 1.54) is 5.56 Å². The van der Waals surface area contributed by atoms with Crippen LogP contribution in [0, 0.1) is 0 Å². The van der Waals surface area contributed by atoms with Crippen LogP contribution in [0.1, 0.15) is 56.7 Å². The lowest BCUT2D eigenvalue weighted by molar-refractivity contribution is 0.638. The van der Waals surface area contributed by atoms with E-state index in [4.69, 9.17) is 11.5 Å². The van der Waals surface area contributed by atoms with Crippen LogP contribution in [0.2, 0.25) is 0 Å². The number of rotatable bonds is 4. The highest BCUT2D eigenvalue weighted by atomic mass is 14.7. The first kappa shape index (κ1) is 12.1. The Morgan fingerprint density at radius 2 is 1.93 bits per heavy atom. The Bertz CT molecular complexity index is 318. The first-order chi connectivity index (χ1) is 7.06. The monoisotopic (exact) mass is 206 g/mol. The Labute approximate surface area is 92.7 Å². The highest BCUT2D eigenvalue weighted by Gasteiger charge is 2.10. The van der Waals surface area contributed by atoms with E-state index < -0.39 is 0 Å². The van der Waals surface area contributed by atoms with Crippen LogP contribution < -0.4 is 11.5 Å². The summed E-state index contributed by atoms with van der Waals surface area (Å²) in [6.45, 7) is 6.50. The van der Waals surface area contributed by atoms with Crippen molar-refractivity contribution in [2.45, 2.75) is 45.6 Å². The lowest BCUT2D eigenvalue weighted by Crippen LogP contribution is -2.12. The van der Waals surface area contributed by atoms with Crippen LogP contribution >= 0.6 is 0 Å². The van der Waals surface area contributed by atoms with Gasteiger partial charge in [0.2, 0.25) is 0 Å². The summed E-state index contributed by atoms with van der Waals surface area (Å²) >= 11 is 0. The Morgan fingerprint density at radius 3 is 2.47 bits per heavy atom. The molecular formula is C13H22N2. The molecule has 1 rings (SSSR count). The van der Waals surface area contributed by atoms with Crippen LogP contribution in [0.4, 0.5) is 5.69 Å². The van der Waals surface area contributed by atoms with Gasteiger partial charge in [-0.25, -0.2) is 0 Å². The van der Waals surface area contributed by atoms with Gasteiger partial charge < -0.3 is 11.5 Å². The van der Waals surface area contributed by atoms with E-state index in [1.807, 2.05) is 6.07 Å². The second kappa shape index (κ2) is 5.17. The molecule has 0 aliphatic heterocycles. The third-order valence-corrected chi connectivity index (χ3v) is 2.78. The Hall–Kier alpha value is -1.02. The van der Waals surface area contributed by atoms with Gasteiger partial charge in [0.15, 0.2) is 0 Å². The van der Waals surface area contributed by atoms with Gasteiger partial charge in [-0.15, -0.1) is 0 Å². The molecule has 0 aromatic heterocycles. The van der Waals surface area contributed by atoms with Gasteiger partial charge >= 0.3 is 0 Å². The number of hydrogen-bond donors (Lipinski definition) is 2. The molecule has 1 aromatic carbocycles. The van der Waals surface area contributed by atoms with Gasteiger partial charge in [-0.05, 0) is 29.5 Å². The Kier molecular flexibility index (Phi) is 4.15. The zero-order chi connectivity index (χ0) is 11.4. The summed E-state index contributed by atoms with van der Waals surface area (Å²) in [5.74, 6) is 0.526. The molecule has 2 heteroatoms. The van der Waals surface area contributed by atoms with E-state index >= 15 is 0 Å². The summed E-state index contributed by atoms with van der Waals surface area (Å²) in [5, 5.41) is 0. The summed E-state index contributed by atoms with van der Waals surface area (Å²) in [4.78, 5) is 0. The molecule has 1 unspecified atom stereocenters. The molecule has 0 amide bonds. The maximum Gasteiger partial charge on any atom is 0.0362 e. The molecule has 2 nitrogen and oxygen atoms in total. The number of nitrogens with two attached hydrogens (primary N) is 2. The minimum atomic E-state index is 0.0775. The number of benzene rings is 1. The zero-order valence-electron chi connectivity index (χ0n) is 9.96. The zero-order valence-corrected chi connectivity index (χ0v) is 9.96. The molecule has 0 saturated carbocycles. The normalized spacial score (nSPS) is 13.1. The Morgan fingerprint density at radius 1 is 1.27 bits per heavy atom. The smallest absolute Gasteiger partial charge is 0.0362 e. The van der Waals surface area contributed by atoms with Crippen molar-refractivity contribution in [2.75, 3.05) is 5.73 Å². The van der Waals surface area contributed by atoms with Crippen LogP contribution in [0.5, 0.6) is 0 Å². The maximum absolute atomic E-state index is 6.10. The van der Waals surface area contributed by atoms with Gasteiger partial charge in [-0.3, -0.25) is 0 Å². The molecule has 0 bridgehead atoms. The summed E-state index contributed by atoms with van der Waals surface area (Å²) in [7, 11) is 0. The predicted octanol–water partition coefficient (Wildman–Crippen LogP) is 3.19. The molecule has 4 N–H and O–H groups in total. The summed E-state index contributed by atoms with van der Waals surface area (Å²) in [6.07, 6.45) is 2.08. The second-order valence-electron chi connectivity index (χ2n) is 4.44. The van der Waals surface area contributed by atoms with Crippen LogP contribution in [0.3, 0.4) is 0 Å². The molecular weight excluding hydrogens is 184 g/mol. The standard InChI is InChI=1S/C13H22N2/c1-4-5-12(14)11-8-10(9(2)3)6-7-13(11)15/h6-9,12H,4-5,14-15H2,1-3H3. The minimum absolute atomic E-state index is 0.0775. The van der Waals surface area contributed by atoms with E-state index in [2.05, 4.69) is 32.9 Å². The fourth-order valence-corrected chi connectivity index (χ4v) is 1.74. The molecule has 0 saturated heterocycles. The van der Waals surface area contributed by atoms with Gasteiger partial charge in [0, 0.05) is 11.7 Å². The van der Waals surface area contributed by atoms with E-state index in [0.29, 0.717) is 5.92 Å². The first-order valence-corrected chi connectivity index (χ1v) is 5.71. The van der Waals surface area contributed by atoms with E-state index in [9.17, 15) is 0 Å². The van der Waals surface area contributed by atoms with Crippen LogP contribution in [-0.2, 0) is 0 Å². The predicted molar refractivity (Wildman–Crippen MR) is 66.8 cm³/mol. The van der Waals surface area contributed by atoms with Crippen LogP contribution in [0.15, 0.2) is 18.2 Å². The SMILES string of the molecule is CCCC(N)c1cc(C(C)C)ccc1N. The van der Waals surface area contributed by atoms with Crippen LogP contribution in [-0.4, -0.2) is 0 Å². The van der Waals surface area contributed by atoms with E-state index in [-0.39, 0.29) is 6.04 Å². The molecule has 0 radical (unpaired) electrons. The van der Waals surface area contributed by atoms with Crippen LogP contribution in [0.25, 0.3) is 0 Å². The van der Waals surface area contributed by atoms with Gasteiger partial charge in [0.1, 0.15) is 0 Å². The molecule has 84 valence electrons. The molecule has 0 fully saturated rings. The lowest BCUT2D eigenvalue weighted by Gasteiger charge is -2.16. The molecule has 1 atom stereocenters. The summed E-state index contributed by atoms with van der Waals surface area (Å²) in [6, 6.07) is 6.29. The number of anilines is 1. The summed E-state index contributed by atoms with van der Waals surface area (Å²) < 4.78 is 0. The third kappa shape index (κ3) is 2.96. The molecule has 15 heavy (non-hydrogen) atoms. The average Bonchev–Trinajstić information content (AvgIpc) is 2.18. The fraction of sp³-hybridized carbons (Fsp3) is 0.538. The van der Waals surface area contributed by atoms with Crippen molar-refractivity contribution in [2.24, 2.45) is 5.73 Å². The topological polar surface area (TPSA) is 52.0 Å². The number of hydrogen-bond acceptors (Lipinski definition) is 2. The summed E-state index contributed by atoms with van der Waals surface area (Å²) in [5.41, 5.74) is 15.3. The molecule has 0 aliphatic rings. The average molecular weight is 206 g/mol.